The third kappa shape index (κ3) is 5.87. The van der Waals surface area contributed by atoms with Crippen LogP contribution in [-0.2, 0) is 4.74 Å². The minimum atomic E-state index is 0.196. The molecule has 0 saturated carbocycles. The summed E-state index contributed by atoms with van der Waals surface area (Å²) in [5.41, 5.74) is 0. The van der Waals surface area contributed by atoms with E-state index in [9.17, 15) is 0 Å². The molecule has 0 spiro atoms. The van der Waals surface area contributed by atoms with Crippen LogP contribution in [0.15, 0.2) is 12.3 Å². The van der Waals surface area contributed by atoms with Crippen molar-refractivity contribution >= 4 is 5.95 Å². The van der Waals surface area contributed by atoms with Crippen LogP contribution in [0.4, 0.5) is 5.95 Å². The average molecular weight is 267 g/mol. The number of ether oxygens (including phenoxy) is 2. The first-order valence-electron chi connectivity index (χ1n) is 6.97. The monoisotopic (exact) mass is 267 g/mol. The summed E-state index contributed by atoms with van der Waals surface area (Å²) in [5.74, 6) is 1.64. The van der Waals surface area contributed by atoms with Crippen molar-refractivity contribution in [3.63, 3.8) is 0 Å². The van der Waals surface area contributed by atoms with Gasteiger partial charge in [-0.15, -0.1) is 0 Å². The topological polar surface area (TPSA) is 56.3 Å². The maximum absolute atomic E-state index is 5.50. The first-order valence-corrected chi connectivity index (χ1v) is 6.97. The molecule has 1 aromatic heterocycles. The molecule has 0 bridgehead atoms. The Labute approximate surface area is 115 Å². The van der Waals surface area contributed by atoms with Crippen molar-refractivity contribution in [2.75, 3.05) is 25.1 Å². The van der Waals surface area contributed by atoms with E-state index in [0.717, 1.165) is 6.42 Å². The van der Waals surface area contributed by atoms with E-state index in [-0.39, 0.29) is 6.04 Å². The zero-order valence-corrected chi connectivity index (χ0v) is 12.3. The third-order valence-corrected chi connectivity index (χ3v) is 2.70. The summed E-state index contributed by atoms with van der Waals surface area (Å²) in [4.78, 5) is 8.56. The fraction of sp³-hybridized carbons (Fsp3) is 0.714. The van der Waals surface area contributed by atoms with Crippen LogP contribution < -0.4 is 10.1 Å². The van der Waals surface area contributed by atoms with Gasteiger partial charge in [-0.05, 0) is 19.3 Å². The van der Waals surface area contributed by atoms with Crippen LogP contribution in [0.2, 0.25) is 0 Å². The lowest BCUT2D eigenvalue weighted by Crippen LogP contribution is -2.31. The van der Waals surface area contributed by atoms with E-state index < -0.39 is 0 Å². The number of anilines is 1. The normalized spacial score (nSPS) is 12.5. The molecule has 0 saturated heterocycles. The van der Waals surface area contributed by atoms with E-state index >= 15 is 0 Å². The quantitative estimate of drug-likeness (QED) is 0.745. The van der Waals surface area contributed by atoms with Crippen molar-refractivity contribution in [1.82, 2.24) is 9.97 Å². The molecule has 1 N–H and O–H groups in total. The van der Waals surface area contributed by atoms with Crippen molar-refractivity contribution in [2.45, 2.75) is 40.2 Å². The second kappa shape index (κ2) is 8.69. The van der Waals surface area contributed by atoms with Crippen LogP contribution in [0.1, 0.15) is 34.1 Å². The lowest BCUT2D eigenvalue weighted by molar-refractivity contribution is 0.126. The molecule has 0 fully saturated rings. The molecule has 0 aliphatic rings. The standard InChI is InChI=1S/C14H25N3O2/c1-5-9-19-13-7-8-15-14(17-13)16-12(11(3)4)10-18-6-2/h7-8,11-12H,5-6,9-10H2,1-4H3,(H,15,16,17). The molecule has 1 unspecified atom stereocenters. The average Bonchev–Trinajstić information content (AvgIpc) is 2.41. The Hall–Kier alpha value is -1.36. The van der Waals surface area contributed by atoms with E-state index in [4.69, 9.17) is 9.47 Å². The SMILES string of the molecule is CCCOc1ccnc(NC(COCC)C(C)C)n1. The first-order chi connectivity index (χ1) is 9.17. The molecule has 1 aromatic rings. The fourth-order valence-corrected chi connectivity index (χ4v) is 1.51. The highest BCUT2D eigenvalue weighted by molar-refractivity contribution is 5.29. The molecule has 108 valence electrons. The lowest BCUT2D eigenvalue weighted by atomic mass is 10.1. The molecule has 1 rings (SSSR count). The smallest absolute Gasteiger partial charge is 0.226 e. The fourth-order valence-electron chi connectivity index (χ4n) is 1.51. The second-order valence-corrected chi connectivity index (χ2v) is 4.72. The zero-order chi connectivity index (χ0) is 14.1. The number of nitrogens with zero attached hydrogens (tertiary/aromatic N) is 2. The number of hydrogen-bond donors (Lipinski definition) is 1. The highest BCUT2D eigenvalue weighted by Crippen LogP contribution is 2.12. The Morgan fingerprint density at radius 2 is 2.11 bits per heavy atom. The molecule has 0 aromatic carbocycles. The number of rotatable bonds is 9. The molecule has 1 atom stereocenters. The summed E-state index contributed by atoms with van der Waals surface area (Å²) in [6, 6.07) is 1.97. The van der Waals surface area contributed by atoms with Gasteiger partial charge in [0.15, 0.2) is 0 Å². The van der Waals surface area contributed by atoms with E-state index in [1.165, 1.54) is 0 Å². The molecule has 0 amide bonds. The number of nitrogens with one attached hydrogen (secondary N) is 1. The van der Waals surface area contributed by atoms with Crippen molar-refractivity contribution in [2.24, 2.45) is 5.92 Å². The van der Waals surface area contributed by atoms with E-state index in [0.29, 0.717) is 37.6 Å². The van der Waals surface area contributed by atoms with Crippen LogP contribution in [0.5, 0.6) is 5.88 Å². The van der Waals surface area contributed by atoms with Crippen LogP contribution in [0.25, 0.3) is 0 Å². The Balaban J connectivity index is 2.62. The largest absolute Gasteiger partial charge is 0.478 e. The van der Waals surface area contributed by atoms with Crippen LogP contribution in [0.3, 0.4) is 0 Å². The van der Waals surface area contributed by atoms with Gasteiger partial charge in [-0.3, -0.25) is 0 Å². The van der Waals surface area contributed by atoms with E-state index in [1.54, 1.807) is 12.3 Å². The number of hydrogen-bond acceptors (Lipinski definition) is 5. The van der Waals surface area contributed by atoms with Crippen LogP contribution >= 0.6 is 0 Å². The summed E-state index contributed by atoms with van der Waals surface area (Å²) >= 11 is 0. The Kier molecular flexibility index (Phi) is 7.18. The van der Waals surface area contributed by atoms with Crippen molar-refractivity contribution in [3.8, 4) is 5.88 Å². The summed E-state index contributed by atoms with van der Waals surface area (Å²) in [7, 11) is 0. The Bertz CT molecular complexity index is 358. The highest BCUT2D eigenvalue weighted by Gasteiger charge is 2.14. The summed E-state index contributed by atoms with van der Waals surface area (Å²) < 4.78 is 11.0. The predicted octanol–water partition coefficient (Wildman–Crippen LogP) is 2.74. The molecule has 0 aliphatic carbocycles. The van der Waals surface area contributed by atoms with Gasteiger partial charge in [0.05, 0.1) is 19.3 Å². The lowest BCUT2D eigenvalue weighted by Gasteiger charge is -2.22. The summed E-state index contributed by atoms with van der Waals surface area (Å²) in [6.07, 6.45) is 2.67. The molecule has 1 heterocycles. The maximum atomic E-state index is 5.50. The summed E-state index contributed by atoms with van der Waals surface area (Å²) in [5, 5.41) is 3.30. The van der Waals surface area contributed by atoms with Gasteiger partial charge >= 0.3 is 0 Å². The van der Waals surface area contributed by atoms with Gasteiger partial charge in [-0.2, -0.15) is 4.98 Å². The Morgan fingerprint density at radius 1 is 1.32 bits per heavy atom. The molecule has 5 nitrogen and oxygen atoms in total. The van der Waals surface area contributed by atoms with Crippen LogP contribution in [0, 0.1) is 5.92 Å². The van der Waals surface area contributed by atoms with Crippen molar-refractivity contribution < 1.29 is 9.47 Å². The molecular weight excluding hydrogens is 242 g/mol. The summed E-state index contributed by atoms with van der Waals surface area (Å²) in [6.45, 7) is 10.4. The maximum Gasteiger partial charge on any atom is 0.226 e. The van der Waals surface area contributed by atoms with Gasteiger partial charge < -0.3 is 14.8 Å². The van der Waals surface area contributed by atoms with Gasteiger partial charge in [0, 0.05) is 18.9 Å². The number of aromatic nitrogens is 2. The zero-order valence-electron chi connectivity index (χ0n) is 12.3. The van der Waals surface area contributed by atoms with Gasteiger partial charge in [0.2, 0.25) is 11.8 Å². The second-order valence-electron chi connectivity index (χ2n) is 4.72. The molecule has 5 heteroatoms. The third-order valence-electron chi connectivity index (χ3n) is 2.70. The Morgan fingerprint density at radius 3 is 2.74 bits per heavy atom. The van der Waals surface area contributed by atoms with E-state index in [2.05, 4.69) is 36.1 Å². The minimum Gasteiger partial charge on any atom is -0.478 e. The van der Waals surface area contributed by atoms with Crippen molar-refractivity contribution in [3.05, 3.63) is 12.3 Å². The molecule has 0 aliphatic heterocycles. The first kappa shape index (κ1) is 15.7. The minimum absolute atomic E-state index is 0.196. The van der Waals surface area contributed by atoms with Gasteiger partial charge in [-0.1, -0.05) is 20.8 Å². The van der Waals surface area contributed by atoms with Gasteiger partial charge in [0.25, 0.3) is 0 Å². The molecular formula is C14H25N3O2. The molecule has 0 radical (unpaired) electrons. The molecule has 19 heavy (non-hydrogen) atoms. The van der Waals surface area contributed by atoms with Gasteiger partial charge in [-0.25, -0.2) is 4.98 Å². The van der Waals surface area contributed by atoms with Crippen LogP contribution in [-0.4, -0.2) is 35.8 Å². The highest BCUT2D eigenvalue weighted by atomic mass is 16.5. The van der Waals surface area contributed by atoms with E-state index in [1.807, 2.05) is 6.92 Å². The van der Waals surface area contributed by atoms with Gasteiger partial charge in [0.1, 0.15) is 0 Å². The van der Waals surface area contributed by atoms with Crippen molar-refractivity contribution in [1.29, 1.82) is 0 Å². The predicted molar refractivity (Wildman–Crippen MR) is 76.6 cm³/mol.